The first-order chi connectivity index (χ1) is 11.2. The molecular weight excluding hydrogens is 296 g/mol. The van der Waals surface area contributed by atoms with Gasteiger partial charge in [-0.25, -0.2) is 9.78 Å². The molecular formula is C16H24N4O3. The third-order valence-electron chi connectivity index (χ3n) is 4.22. The molecule has 0 spiro atoms. The Kier molecular flexibility index (Phi) is 5.30. The van der Waals surface area contributed by atoms with Gasteiger partial charge < -0.3 is 24.6 Å². The monoisotopic (exact) mass is 320 g/mol. The summed E-state index contributed by atoms with van der Waals surface area (Å²) in [6.45, 7) is 7.53. The Balaban J connectivity index is 1.56. The van der Waals surface area contributed by atoms with Crippen LogP contribution in [0.1, 0.15) is 12.5 Å². The van der Waals surface area contributed by atoms with Gasteiger partial charge >= 0.3 is 6.03 Å². The maximum atomic E-state index is 12.3. The lowest BCUT2D eigenvalue weighted by Gasteiger charge is -2.33. The summed E-state index contributed by atoms with van der Waals surface area (Å²) in [5, 5.41) is 2.99. The second-order valence-corrected chi connectivity index (χ2v) is 5.90. The van der Waals surface area contributed by atoms with Gasteiger partial charge in [-0.3, -0.25) is 0 Å². The van der Waals surface area contributed by atoms with Crippen LogP contribution in [0.15, 0.2) is 18.3 Å². The number of rotatable bonds is 3. The summed E-state index contributed by atoms with van der Waals surface area (Å²) in [5.74, 6) is 0.944. The van der Waals surface area contributed by atoms with Crippen molar-refractivity contribution in [3.63, 3.8) is 0 Å². The van der Waals surface area contributed by atoms with E-state index in [4.69, 9.17) is 9.47 Å². The first-order valence-electron chi connectivity index (χ1n) is 8.14. The van der Waals surface area contributed by atoms with Gasteiger partial charge in [0.1, 0.15) is 5.82 Å². The normalized spacial score (nSPS) is 22.0. The topological polar surface area (TPSA) is 66.9 Å². The van der Waals surface area contributed by atoms with Crippen molar-refractivity contribution in [1.82, 2.24) is 15.2 Å². The summed E-state index contributed by atoms with van der Waals surface area (Å²) < 4.78 is 10.7. The number of hydrogen-bond acceptors (Lipinski definition) is 5. The van der Waals surface area contributed by atoms with Crippen molar-refractivity contribution in [1.29, 1.82) is 0 Å². The van der Waals surface area contributed by atoms with E-state index in [9.17, 15) is 4.79 Å². The molecule has 1 atom stereocenters. The highest BCUT2D eigenvalue weighted by Crippen LogP contribution is 2.14. The van der Waals surface area contributed by atoms with E-state index in [2.05, 4.69) is 15.2 Å². The fourth-order valence-electron chi connectivity index (χ4n) is 2.84. The fraction of sp³-hybridized carbons (Fsp3) is 0.625. The SMILES string of the molecule is C[C@H]1COCCN1C(=O)NCc1ccnc(N2CCOCC2)c1. The summed E-state index contributed by atoms with van der Waals surface area (Å²) in [6.07, 6.45) is 1.80. The smallest absolute Gasteiger partial charge is 0.318 e. The average Bonchev–Trinajstić information content (AvgIpc) is 2.61. The van der Waals surface area contributed by atoms with Crippen molar-refractivity contribution in [3.05, 3.63) is 23.9 Å². The van der Waals surface area contributed by atoms with Gasteiger partial charge in [-0.05, 0) is 24.6 Å². The molecule has 1 aromatic heterocycles. The molecule has 126 valence electrons. The largest absolute Gasteiger partial charge is 0.378 e. The molecule has 1 aromatic rings. The number of anilines is 1. The van der Waals surface area contributed by atoms with E-state index in [1.807, 2.05) is 24.0 Å². The van der Waals surface area contributed by atoms with Crippen LogP contribution in [-0.4, -0.2) is 68.0 Å². The minimum absolute atomic E-state index is 0.0365. The lowest BCUT2D eigenvalue weighted by atomic mass is 10.2. The van der Waals surface area contributed by atoms with Gasteiger partial charge in [-0.2, -0.15) is 0 Å². The number of carbonyl (C=O) groups is 1. The Bertz CT molecular complexity index is 534. The van der Waals surface area contributed by atoms with Crippen LogP contribution in [-0.2, 0) is 16.0 Å². The van der Waals surface area contributed by atoms with Gasteiger partial charge in [-0.15, -0.1) is 0 Å². The second kappa shape index (κ2) is 7.61. The van der Waals surface area contributed by atoms with E-state index < -0.39 is 0 Å². The van der Waals surface area contributed by atoms with E-state index in [0.717, 1.165) is 37.7 Å². The molecule has 7 nitrogen and oxygen atoms in total. The number of nitrogens with zero attached hydrogens (tertiary/aromatic N) is 3. The lowest BCUT2D eigenvalue weighted by Crippen LogP contribution is -2.51. The summed E-state index contributed by atoms with van der Waals surface area (Å²) in [5.41, 5.74) is 1.05. The predicted molar refractivity (Wildman–Crippen MR) is 86.5 cm³/mol. The van der Waals surface area contributed by atoms with Crippen molar-refractivity contribution in [3.8, 4) is 0 Å². The molecule has 7 heteroatoms. The van der Waals surface area contributed by atoms with Crippen LogP contribution in [0.3, 0.4) is 0 Å². The lowest BCUT2D eigenvalue weighted by molar-refractivity contribution is 0.0190. The molecule has 23 heavy (non-hydrogen) atoms. The molecule has 0 unspecified atom stereocenters. The predicted octanol–water partition coefficient (Wildman–Crippen LogP) is 0.849. The average molecular weight is 320 g/mol. The number of aromatic nitrogens is 1. The third-order valence-corrected chi connectivity index (χ3v) is 4.22. The highest BCUT2D eigenvalue weighted by atomic mass is 16.5. The number of morpholine rings is 2. The Morgan fingerprint density at radius 3 is 2.87 bits per heavy atom. The zero-order chi connectivity index (χ0) is 16.1. The van der Waals surface area contributed by atoms with Gasteiger partial charge in [-0.1, -0.05) is 0 Å². The number of urea groups is 1. The van der Waals surface area contributed by atoms with E-state index in [1.165, 1.54) is 0 Å². The number of pyridine rings is 1. The molecule has 3 rings (SSSR count). The van der Waals surface area contributed by atoms with Crippen molar-refractivity contribution >= 4 is 11.8 Å². The second-order valence-electron chi connectivity index (χ2n) is 5.90. The van der Waals surface area contributed by atoms with E-state index >= 15 is 0 Å². The minimum Gasteiger partial charge on any atom is -0.378 e. The quantitative estimate of drug-likeness (QED) is 0.894. The highest BCUT2D eigenvalue weighted by molar-refractivity contribution is 5.74. The Morgan fingerprint density at radius 1 is 1.30 bits per heavy atom. The van der Waals surface area contributed by atoms with Crippen LogP contribution in [0.5, 0.6) is 0 Å². The van der Waals surface area contributed by atoms with Crippen LogP contribution in [0.25, 0.3) is 0 Å². The van der Waals surface area contributed by atoms with Crippen molar-refractivity contribution in [2.75, 3.05) is 51.0 Å². The number of ether oxygens (including phenoxy) is 2. The summed E-state index contributed by atoms with van der Waals surface area (Å²) in [6, 6.07) is 4.05. The zero-order valence-corrected chi connectivity index (χ0v) is 13.5. The summed E-state index contributed by atoms with van der Waals surface area (Å²) >= 11 is 0. The minimum atomic E-state index is -0.0365. The molecule has 3 heterocycles. The molecule has 2 saturated heterocycles. The number of nitrogens with one attached hydrogen (secondary N) is 1. The third kappa shape index (κ3) is 4.11. The van der Waals surface area contributed by atoms with E-state index in [0.29, 0.717) is 26.3 Å². The Morgan fingerprint density at radius 2 is 2.09 bits per heavy atom. The van der Waals surface area contributed by atoms with Crippen LogP contribution >= 0.6 is 0 Å². The Hall–Kier alpha value is -1.86. The number of hydrogen-bond donors (Lipinski definition) is 1. The maximum absolute atomic E-state index is 12.3. The van der Waals surface area contributed by atoms with E-state index in [1.54, 1.807) is 6.20 Å². The van der Waals surface area contributed by atoms with Crippen molar-refractivity contribution in [2.24, 2.45) is 0 Å². The summed E-state index contributed by atoms with van der Waals surface area (Å²) in [7, 11) is 0. The van der Waals surface area contributed by atoms with Crippen LogP contribution in [0.4, 0.5) is 10.6 Å². The molecule has 1 N–H and O–H groups in total. The fourth-order valence-corrected chi connectivity index (χ4v) is 2.84. The molecule has 0 radical (unpaired) electrons. The molecule has 2 aliphatic rings. The van der Waals surface area contributed by atoms with Crippen molar-refractivity contribution in [2.45, 2.75) is 19.5 Å². The standard InChI is InChI=1S/C16H24N4O3/c1-13-12-23-9-6-20(13)16(21)18-11-14-2-3-17-15(10-14)19-4-7-22-8-5-19/h2-3,10,13H,4-9,11-12H2,1H3,(H,18,21)/t13-/m0/s1. The summed E-state index contributed by atoms with van der Waals surface area (Å²) in [4.78, 5) is 20.7. The van der Waals surface area contributed by atoms with Crippen LogP contribution in [0, 0.1) is 0 Å². The first kappa shape index (κ1) is 16.0. The molecule has 2 amide bonds. The van der Waals surface area contributed by atoms with Crippen LogP contribution < -0.4 is 10.2 Å². The highest BCUT2D eigenvalue weighted by Gasteiger charge is 2.23. The van der Waals surface area contributed by atoms with Gasteiger partial charge in [0.25, 0.3) is 0 Å². The van der Waals surface area contributed by atoms with Gasteiger partial charge in [0.2, 0.25) is 0 Å². The Labute approximate surface area is 136 Å². The number of amides is 2. The van der Waals surface area contributed by atoms with Gasteiger partial charge in [0, 0.05) is 32.4 Å². The molecule has 0 aromatic carbocycles. The molecule has 0 saturated carbocycles. The zero-order valence-electron chi connectivity index (χ0n) is 13.5. The molecule has 2 aliphatic heterocycles. The van der Waals surface area contributed by atoms with Crippen LogP contribution in [0.2, 0.25) is 0 Å². The molecule has 2 fully saturated rings. The molecule has 0 aliphatic carbocycles. The molecule has 0 bridgehead atoms. The first-order valence-corrected chi connectivity index (χ1v) is 8.14. The maximum Gasteiger partial charge on any atom is 0.318 e. The van der Waals surface area contributed by atoms with E-state index in [-0.39, 0.29) is 12.1 Å². The van der Waals surface area contributed by atoms with Crippen molar-refractivity contribution < 1.29 is 14.3 Å². The number of carbonyl (C=O) groups excluding carboxylic acids is 1. The van der Waals surface area contributed by atoms with Gasteiger partial charge in [0.15, 0.2) is 0 Å². The van der Waals surface area contributed by atoms with Gasteiger partial charge in [0.05, 0.1) is 32.5 Å².